The van der Waals surface area contributed by atoms with E-state index in [0.717, 1.165) is 46.9 Å². The average Bonchev–Trinajstić information content (AvgIpc) is 2.91. The van der Waals surface area contributed by atoms with E-state index in [1.165, 1.54) is 0 Å². The standard InChI is InChI=1S/C21H22ClF3N2/c1-12-7-13(2)9-14(8-12)19-16(5-3-4-6-26)17-10-15(22)11-18(20(17)27-19)21(23,24)25/h7-11,27H,3-6,26H2,1-2H3. The van der Waals surface area contributed by atoms with Crippen molar-refractivity contribution in [2.45, 2.75) is 39.3 Å². The maximum Gasteiger partial charge on any atom is 0.418 e. The number of alkyl halides is 3. The zero-order chi connectivity index (χ0) is 19.8. The van der Waals surface area contributed by atoms with Crippen molar-refractivity contribution in [3.63, 3.8) is 0 Å². The molecule has 3 N–H and O–H groups in total. The van der Waals surface area contributed by atoms with Gasteiger partial charge in [0.15, 0.2) is 0 Å². The summed E-state index contributed by atoms with van der Waals surface area (Å²) in [7, 11) is 0. The molecule has 6 heteroatoms. The van der Waals surface area contributed by atoms with Gasteiger partial charge in [-0.1, -0.05) is 28.8 Å². The quantitative estimate of drug-likeness (QED) is 0.482. The van der Waals surface area contributed by atoms with E-state index < -0.39 is 11.7 Å². The van der Waals surface area contributed by atoms with E-state index >= 15 is 0 Å². The molecule has 2 aromatic carbocycles. The predicted octanol–water partition coefficient (Wildman–Crippen LogP) is 6.41. The van der Waals surface area contributed by atoms with Crippen LogP contribution in [0.25, 0.3) is 22.2 Å². The summed E-state index contributed by atoms with van der Waals surface area (Å²) in [6.07, 6.45) is -2.24. The van der Waals surface area contributed by atoms with Crippen LogP contribution >= 0.6 is 11.6 Å². The van der Waals surface area contributed by atoms with Crippen molar-refractivity contribution < 1.29 is 13.2 Å². The van der Waals surface area contributed by atoms with Crippen LogP contribution in [0.5, 0.6) is 0 Å². The molecule has 0 fully saturated rings. The van der Waals surface area contributed by atoms with Gasteiger partial charge in [0.05, 0.1) is 11.1 Å². The summed E-state index contributed by atoms with van der Waals surface area (Å²) in [4.78, 5) is 3.05. The second kappa shape index (κ2) is 7.56. The first-order chi connectivity index (χ1) is 12.7. The number of aryl methyl sites for hydroxylation is 3. The van der Waals surface area contributed by atoms with E-state index in [4.69, 9.17) is 17.3 Å². The molecule has 0 saturated heterocycles. The Bertz CT molecular complexity index is 953. The first-order valence-electron chi connectivity index (χ1n) is 8.90. The van der Waals surface area contributed by atoms with Gasteiger partial charge in [0.2, 0.25) is 0 Å². The smallest absolute Gasteiger partial charge is 0.354 e. The molecule has 3 rings (SSSR count). The lowest BCUT2D eigenvalue weighted by Crippen LogP contribution is -2.05. The Morgan fingerprint density at radius 1 is 1.00 bits per heavy atom. The molecule has 144 valence electrons. The lowest BCUT2D eigenvalue weighted by Gasteiger charge is -2.09. The number of aromatic nitrogens is 1. The number of H-pyrrole nitrogens is 1. The minimum absolute atomic E-state index is 0.0841. The summed E-state index contributed by atoms with van der Waals surface area (Å²) in [5.74, 6) is 0. The number of fused-ring (bicyclic) bond motifs is 1. The topological polar surface area (TPSA) is 41.8 Å². The van der Waals surface area contributed by atoms with E-state index in [-0.39, 0.29) is 10.5 Å². The van der Waals surface area contributed by atoms with Gasteiger partial charge in [-0.15, -0.1) is 0 Å². The molecule has 0 bridgehead atoms. The molecule has 0 amide bonds. The average molecular weight is 395 g/mol. The second-order valence-electron chi connectivity index (χ2n) is 6.97. The third-order valence-corrected chi connectivity index (χ3v) is 4.89. The van der Waals surface area contributed by atoms with Crippen LogP contribution in [-0.2, 0) is 12.6 Å². The molecule has 0 aliphatic carbocycles. The maximum absolute atomic E-state index is 13.6. The second-order valence-corrected chi connectivity index (χ2v) is 7.41. The van der Waals surface area contributed by atoms with Crippen LogP contribution in [0.1, 0.15) is 35.1 Å². The van der Waals surface area contributed by atoms with Crippen molar-refractivity contribution in [3.05, 3.63) is 57.6 Å². The zero-order valence-electron chi connectivity index (χ0n) is 15.3. The fraction of sp³-hybridized carbons (Fsp3) is 0.333. The van der Waals surface area contributed by atoms with E-state index in [1.807, 2.05) is 32.0 Å². The summed E-state index contributed by atoms with van der Waals surface area (Å²) in [5.41, 5.74) is 9.54. The Labute approximate surface area is 161 Å². The normalized spacial score (nSPS) is 12.1. The minimum atomic E-state index is -4.48. The molecule has 0 aliphatic rings. The van der Waals surface area contributed by atoms with Crippen LogP contribution in [0, 0.1) is 13.8 Å². The summed E-state index contributed by atoms with van der Waals surface area (Å²) in [6.45, 7) is 4.51. The Hall–Kier alpha value is -1.98. The predicted molar refractivity (Wildman–Crippen MR) is 105 cm³/mol. The van der Waals surface area contributed by atoms with Crippen LogP contribution in [-0.4, -0.2) is 11.5 Å². The van der Waals surface area contributed by atoms with E-state index in [9.17, 15) is 13.2 Å². The number of aromatic amines is 1. The summed E-state index contributed by atoms with van der Waals surface area (Å²) in [6, 6.07) is 8.61. The number of hydrogen-bond acceptors (Lipinski definition) is 1. The number of nitrogens with one attached hydrogen (secondary N) is 1. The van der Waals surface area contributed by atoms with E-state index in [1.54, 1.807) is 6.07 Å². The highest BCUT2D eigenvalue weighted by Crippen LogP contribution is 2.41. The van der Waals surface area contributed by atoms with Gasteiger partial charge in [-0.3, -0.25) is 0 Å². The van der Waals surface area contributed by atoms with Crippen LogP contribution in [0.4, 0.5) is 13.2 Å². The molecule has 1 heterocycles. The summed E-state index contributed by atoms with van der Waals surface area (Å²) >= 11 is 6.04. The molecule has 0 atom stereocenters. The van der Waals surface area contributed by atoms with Crippen LogP contribution < -0.4 is 5.73 Å². The molecule has 27 heavy (non-hydrogen) atoms. The molecule has 0 spiro atoms. The Morgan fingerprint density at radius 3 is 2.26 bits per heavy atom. The van der Waals surface area contributed by atoms with Gasteiger partial charge in [-0.25, -0.2) is 0 Å². The third-order valence-electron chi connectivity index (χ3n) is 4.68. The van der Waals surface area contributed by atoms with Crippen molar-refractivity contribution in [2.75, 3.05) is 6.54 Å². The van der Waals surface area contributed by atoms with Gasteiger partial charge >= 0.3 is 6.18 Å². The van der Waals surface area contributed by atoms with Crippen molar-refractivity contribution in [1.29, 1.82) is 0 Å². The molecule has 0 unspecified atom stereocenters. The number of unbranched alkanes of at least 4 members (excludes halogenated alkanes) is 1. The SMILES string of the molecule is Cc1cc(C)cc(-c2[nH]c3c(C(F)(F)F)cc(Cl)cc3c2CCCCN)c1. The van der Waals surface area contributed by atoms with Crippen molar-refractivity contribution in [1.82, 2.24) is 4.98 Å². The molecule has 3 aromatic rings. The third kappa shape index (κ3) is 4.14. The highest BCUT2D eigenvalue weighted by molar-refractivity contribution is 6.31. The molecule has 0 aliphatic heterocycles. The first kappa shape index (κ1) is 19.8. The van der Waals surface area contributed by atoms with Crippen molar-refractivity contribution >= 4 is 22.5 Å². The number of rotatable bonds is 5. The summed E-state index contributed by atoms with van der Waals surface area (Å²) < 4.78 is 40.7. The number of hydrogen-bond donors (Lipinski definition) is 2. The zero-order valence-corrected chi connectivity index (χ0v) is 16.1. The fourth-order valence-electron chi connectivity index (χ4n) is 3.61. The molecule has 2 nitrogen and oxygen atoms in total. The highest BCUT2D eigenvalue weighted by atomic mass is 35.5. The monoisotopic (exact) mass is 394 g/mol. The van der Waals surface area contributed by atoms with Gasteiger partial charge in [0.1, 0.15) is 0 Å². The van der Waals surface area contributed by atoms with Crippen LogP contribution in [0.15, 0.2) is 30.3 Å². The van der Waals surface area contributed by atoms with Gasteiger partial charge in [-0.2, -0.15) is 13.2 Å². The lowest BCUT2D eigenvalue weighted by atomic mass is 9.97. The Balaban J connectivity index is 2.29. The fourth-order valence-corrected chi connectivity index (χ4v) is 3.83. The Kier molecular flexibility index (Phi) is 5.54. The molecule has 0 saturated carbocycles. The Morgan fingerprint density at radius 2 is 1.67 bits per heavy atom. The minimum Gasteiger partial charge on any atom is -0.354 e. The molecule has 1 aromatic heterocycles. The van der Waals surface area contributed by atoms with Gasteiger partial charge < -0.3 is 10.7 Å². The summed E-state index contributed by atoms with van der Waals surface area (Å²) in [5, 5.41) is 0.613. The molecular formula is C21H22ClF3N2. The lowest BCUT2D eigenvalue weighted by molar-refractivity contribution is -0.136. The van der Waals surface area contributed by atoms with Gasteiger partial charge in [-0.05, 0) is 75.0 Å². The van der Waals surface area contributed by atoms with E-state index in [0.29, 0.717) is 18.4 Å². The molecule has 0 radical (unpaired) electrons. The first-order valence-corrected chi connectivity index (χ1v) is 9.28. The maximum atomic E-state index is 13.6. The van der Waals surface area contributed by atoms with Gasteiger partial charge in [0, 0.05) is 16.1 Å². The van der Waals surface area contributed by atoms with Crippen molar-refractivity contribution in [2.24, 2.45) is 5.73 Å². The largest absolute Gasteiger partial charge is 0.418 e. The van der Waals surface area contributed by atoms with Crippen LogP contribution in [0.2, 0.25) is 5.02 Å². The van der Waals surface area contributed by atoms with E-state index in [2.05, 4.69) is 4.98 Å². The molecular weight excluding hydrogens is 373 g/mol. The van der Waals surface area contributed by atoms with Crippen molar-refractivity contribution in [3.8, 4) is 11.3 Å². The number of benzene rings is 2. The number of nitrogens with two attached hydrogens (primary N) is 1. The number of halogens is 4. The van der Waals surface area contributed by atoms with Gasteiger partial charge in [0.25, 0.3) is 0 Å². The van der Waals surface area contributed by atoms with Crippen LogP contribution in [0.3, 0.4) is 0 Å². The highest BCUT2D eigenvalue weighted by Gasteiger charge is 2.34.